The Morgan fingerprint density at radius 2 is 2.36 bits per heavy atom. The number of rotatable bonds is 5. The van der Waals surface area contributed by atoms with Crippen molar-refractivity contribution in [2.75, 3.05) is 7.11 Å². The van der Waals surface area contributed by atoms with Crippen molar-refractivity contribution in [2.45, 2.75) is 32.6 Å². The van der Waals surface area contributed by atoms with Crippen molar-refractivity contribution in [3.05, 3.63) is 17.7 Å². The normalized spacial score (nSPS) is 10.1. The summed E-state index contributed by atoms with van der Waals surface area (Å²) in [6, 6.07) is 0. The van der Waals surface area contributed by atoms with Gasteiger partial charge in [0.2, 0.25) is 0 Å². The van der Waals surface area contributed by atoms with Crippen molar-refractivity contribution >= 4 is 5.97 Å². The third-order valence-electron chi connectivity index (χ3n) is 1.99. The highest BCUT2D eigenvalue weighted by Gasteiger charge is 2.04. The second-order valence-corrected chi connectivity index (χ2v) is 3.18. The quantitative estimate of drug-likeness (QED) is 0.725. The highest BCUT2D eigenvalue weighted by molar-refractivity contribution is 5.69. The molecule has 0 radical (unpaired) electrons. The lowest BCUT2D eigenvalue weighted by molar-refractivity contribution is -0.140. The maximum atomic E-state index is 10.9. The number of hydrogen-bond donors (Lipinski definition) is 1. The number of ether oxygens (including phenoxy) is 1. The smallest absolute Gasteiger partial charge is 0.305 e. The molecule has 0 aliphatic heterocycles. The average molecular weight is 196 g/mol. The molecule has 0 fully saturated rings. The lowest BCUT2D eigenvalue weighted by Crippen LogP contribution is -2.02. The van der Waals surface area contributed by atoms with E-state index in [0.29, 0.717) is 12.8 Å². The fourth-order valence-corrected chi connectivity index (χ4v) is 1.25. The average Bonchev–Trinajstić information content (AvgIpc) is 2.63. The Morgan fingerprint density at radius 1 is 1.57 bits per heavy atom. The summed E-state index contributed by atoms with van der Waals surface area (Å²) in [5, 5.41) is 0. The molecule has 14 heavy (non-hydrogen) atoms. The summed E-state index contributed by atoms with van der Waals surface area (Å²) in [7, 11) is 1.40. The molecule has 4 nitrogen and oxygen atoms in total. The fraction of sp³-hybridized carbons (Fsp3) is 0.600. The number of aromatic amines is 1. The molecule has 0 aromatic carbocycles. The van der Waals surface area contributed by atoms with Gasteiger partial charge in [-0.15, -0.1) is 0 Å². The van der Waals surface area contributed by atoms with E-state index in [1.165, 1.54) is 7.11 Å². The van der Waals surface area contributed by atoms with Crippen molar-refractivity contribution in [1.29, 1.82) is 0 Å². The van der Waals surface area contributed by atoms with Gasteiger partial charge in [0.25, 0.3) is 0 Å². The highest BCUT2D eigenvalue weighted by Crippen LogP contribution is 2.03. The molecule has 0 saturated heterocycles. The second kappa shape index (κ2) is 5.42. The molecule has 0 saturated carbocycles. The number of methoxy groups -OCH3 is 1. The van der Waals surface area contributed by atoms with Gasteiger partial charge in [0.1, 0.15) is 5.82 Å². The predicted molar refractivity (Wildman–Crippen MR) is 52.9 cm³/mol. The van der Waals surface area contributed by atoms with Crippen molar-refractivity contribution in [3.8, 4) is 0 Å². The van der Waals surface area contributed by atoms with Crippen LogP contribution >= 0.6 is 0 Å². The van der Waals surface area contributed by atoms with E-state index < -0.39 is 0 Å². The molecule has 0 aliphatic rings. The molecule has 4 heteroatoms. The Bertz CT molecular complexity index is 294. The minimum Gasteiger partial charge on any atom is -0.469 e. The standard InChI is InChI=1S/C10H16N2O2/c1-3-4-8-7-11-9(12-8)5-6-10(13)14-2/h7H,3-6H2,1-2H3,(H,11,12). The van der Waals surface area contributed by atoms with E-state index in [2.05, 4.69) is 21.6 Å². The summed E-state index contributed by atoms with van der Waals surface area (Å²) in [5.74, 6) is 0.664. The topological polar surface area (TPSA) is 55.0 Å². The lowest BCUT2D eigenvalue weighted by Gasteiger charge is -1.96. The Morgan fingerprint density at radius 3 is 3.00 bits per heavy atom. The zero-order valence-electron chi connectivity index (χ0n) is 8.67. The van der Waals surface area contributed by atoms with E-state index >= 15 is 0 Å². The van der Waals surface area contributed by atoms with Crippen LogP contribution in [0.5, 0.6) is 0 Å². The number of imidazole rings is 1. The third kappa shape index (κ3) is 3.20. The van der Waals surface area contributed by atoms with Crippen LogP contribution in [0, 0.1) is 0 Å². The van der Waals surface area contributed by atoms with Crippen LogP contribution in [-0.2, 0) is 22.4 Å². The van der Waals surface area contributed by atoms with Gasteiger partial charge >= 0.3 is 5.97 Å². The summed E-state index contributed by atoms with van der Waals surface area (Å²) >= 11 is 0. The molecule has 0 atom stereocenters. The number of carbonyl (C=O) groups excluding carboxylic acids is 1. The first kappa shape index (κ1) is 10.8. The van der Waals surface area contributed by atoms with Gasteiger partial charge in [0.15, 0.2) is 0 Å². The minimum absolute atomic E-state index is 0.196. The molecule has 0 bridgehead atoms. The van der Waals surface area contributed by atoms with Crippen LogP contribution in [0.4, 0.5) is 0 Å². The molecule has 0 spiro atoms. The largest absolute Gasteiger partial charge is 0.469 e. The maximum Gasteiger partial charge on any atom is 0.305 e. The fourth-order valence-electron chi connectivity index (χ4n) is 1.25. The molecule has 0 unspecified atom stereocenters. The van der Waals surface area contributed by atoms with Gasteiger partial charge < -0.3 is 9.72 Å². The minimum atomic E-state index is -0.196. The van der Waals surface area contributed by atoms with Crippen molar-refractivity contribution < 1.29 is 9.53 Å². The number of nitrogens with zero attached hydrogens (tertiary/aromatic N) is 1. The predicted octanol–water partition coefficient (Wildman–Crippen LogP) is 1.47. The van der Waals surface area contributed by atoms with E-state index in [4.69, 9.17) is 0 Å². The third-order valence-corrected chi connectivity index (χ3v) is 1.99. The Labute approximate surface area is 83.7 Å². The number of H-pyrrole nitrogens is 1. The van der Waals surface area contributed by atoms with E-state index in [1.54, 1.807) is 0 Å². The summed E-state index contributed by atoms with van der Waals surface area (Å²) in [4.78, 5) is 18.2. The molecular weight excluding hydrogens is 180 g/mol. The van der Waals surface area contributed by atoms with Gasteiger partial charge in [-0.25, -0.2) is 4.98 Å². The van der Waals surface area contributed by atoms with Gasteiger partial charge in [0, 0.05) is 18.3 Å². The number of carbonyl (C=O) groups is 1. The van der Waals surface area contributed by atoms with Gasteiger partial charge in [-0.2, -0.15) is 0 Å². The van der Waals surface area contributed by atoms with Gasteiger partial charge in [-0.1, -0.05) is 13.3 Å². The molecule has 1 aromatic heterocycles. The molecule has 0 amide bonds. The molecular formula is C10H16N2O2. The molecule has 1 aromatic rings. The van der Waals surface area contributed by atoms with Crippen LogP contribution in [0.3, 0.4) is 0 Å². The summed E-state index contributed by atoms with van der Waals surface area (Å²) in [6.07, 6.45) is 4.94. The van der Waals surface area contributed by atoms with Gasteiger partial charge in [0.05, 0.1) is 13.5 Å². The molecule has 1 rings (SSSR count). The number of aryl methyl sites for hydroxylation is 2. The van der Waals surface area contributed by atoms with Crippen LogP contribution < -0.4 is 0 Å². The number of nitrogens with one attached hydrogen (secondary N) is 1. The van der Waals surface area contributed by atoms with Crippen LogP contribution in [0.15, 0.2) is 6.20 Å². The Kier molecular flexibility index (Phi) is 4.16. The van der Waals surface area contributed by atoms with E-state index in [9.17, 15) is 4.79 Å². The maximum absolute atomic E-state index is 10.9. The van der Waals surface area contributed by atoms with Crippen LogP contribution in [-0.4, -0.2) is 23.0 Å². The van der Waals surface area contributed by atoms with E-state index in [-0.39, 0.29) is 5.97 Å². The highest BCUT2D eigenvalue weighted by atomic mass is 16.5. The SMILES string of the molecule is CCCc1cnc(CCC(=O)OC)[nH]1. The first-order chi connectivity index (χ1) is 6.76. The Hall–Kier alpha value is -1.32. The number of aromatic nitrogens is 2. The van der Waals surface area contributed by atoms with Gasteiger partial charge in [-0.05, 0) is 6.42 Å². The number of hydrogen-bond acceptors (Lipinski definition) is 3. The molecule has 0 aliphatic carbocycles. The first-order valence-electron chi connectivity index (χ1n) is 4.85. The van der Waals surface area contributed by atoms with Gasteiger partial charge in [-0.3, -0.25) is 4.79 Å². The van der Waals surface area contributed by atoms with E-state index in [0.717, 1.165) is 24.4 Å². The Balaban J connectivity index is 2.39. The van der Waals surface area contributed by atoms with E-state index in [1.807, 2.05) is 6.20 Å². The molecule has 78 valence electrons. The zero-order chi connectivity index (χ0) is 10.4. The monoisotopic (exact) mass is 196 g/mol. The van der Waals surface area contributed by atoms with Crippen molar-refractivity contribution in [2.24, 2.45) is 0 Å². The summed E-state index contributed by atoms with van der Waals surface area (Å²) in [6.45, 7) is 2.12. The van der Waals surface area contributed by atoms with Crippen molar-refractivity contribution in [3.63, 3.8) is 0 Å². The first-order valence-corrected chi connectivity index (χ1v) is 4.85. The molecule has 1 N–H and O–H groups in total. The van der Waals surface area contributed by atoms with Crippen LogP contribution in [0.1, 0.15) is 31.3 Å². The number of esters is 1. The van der Waals surface area contributed by atoms with Crippen LogP contribution in [0.2, 0.25) is 0 Å². The zero-order valence-corrected chi connectivity index (χ0v) is 8.67. The second-order valence-electron chi connectivity index (χ2n) is 3.18. The van der Waals surface area contributed by atoms with Crippen molar-refractivity contribution in [1.82, 2.24) is 9.97 Å². The molecule has 1 heterocycles. The summed E-state index contributed by atoms with van der Waals surface area (Å²) in [5.41, 5.74) is 1.13. The lowest BCUT2D eigenvalue weighted by atomic mass is 10.3. The summed E-state index contributed by atoms with van der Waals surface area (Å²) < 4.78 is 4.55. The van der Waals surface area contributed by atoms with Crippen LogP contribution in [0.25, 0.3) is 0 Å².